The van der Waals surface area contributed by atoms with Crippen LogP contribution in [-0.4, -0.2) is 25.5 Å². The van der Waals surface area contributed by atoms with E-state index in [9.17, 15) is 0 Å². The molecule has 134 valence electrons. The van der Waals surface area contributed by atoms with E-state index in [2.05, 4.69) is 50.0 Å². The molecule has 2 atom stereocenters. The van der Waals surface area contributed by atoms with Crippen LogP contribution in [0, 0.1) is 12.8 Å². The monoisotopic (exact) mass is 339 g/mol. The first-order valence-electron chi connectivity index (χ1n) is 9.31. The average molecular weight is 339 g/mol. The number of aryl methyl sites for hydroxylation is 1. The topological polar surface area (TPSA) is 34.7 Å². The molecule has 0 amide bonds. The minimum atomic E-state index is 0.154. The fourth-order valence-electron chi connectivity index (χ4n) is 3.72. The molecule has 25 heavy (non-hydrogen) atoms. The highest BCUT2D eigenvalue weighted by Crippen LogP contribution is 2.42. The quantitative estimate of drug-likeness (QED) is 0.681. The maximum Gasteiger partial charge on any atom is 0.144 e. The van der Waals surface area contributed by atoms with Crippen molar-refractivity contribution < 1.29 is 9.15 Å². The van der Waals surface area contributed by atoms with Crippen LogP contribution in [0.4, 0.5) is 0 Å². The molecule has 0 radical (unpaired) electrons. The van der Waals surface area contributed by atoms with Gasteiger partial charge in [0.1, 0.15) is 5.76 Å². The molecular weight excluding hydrogens is 310 g/mol. The number of hydrogen-bond donors (Lipinski definition) is 0. The molecule has 1 aliphatic heterocycles. The first-order chi connectivity index (χ1) is 12.1. The van der Waals surface area contributed by atoms with Gasteiger partial charge >= 0.3 is 0 Å². The van der Waals surface area contributed by atoms with Gasteiger partial charge in [0.15, 0.2) is 0 Å². The number of hydrogen-bond acceptors (Lipinski definition) is 3. The van der Waals surface area contributed by atoms with E-state index >= 15 is 0 Å². The molecule has 2 unspecified atom stereocenters. The molecule has 1 aliphatic rings. The molecule has 3 heteroatoms. The summed E-state index contributed by atoms with van der Waals surface area (Å²) in [6.45, 7) is 8.29. The summed E-state index contributed by atoms with van der Waals surface area (Å²) >= 11 is 0. The highest BCUT2D eigenvalue weighted by molar-refractivity contribution is 5.75. The van der Waals surface area contributed by atoms with E-state index in [1.165, 1.54) is 11.1 Å². The minimum absolute atomic E-state index is 0.154. The predicted molar refractivity (Wildman–Crippen MR) is 102 cm³/mol. The molecule has 0 bridgehead atoms. The van der Waals surface area contributed by atoms with Gasteiger partial charge in [-0.2, -0.15) is 0 Å². The van der Waals surface area contributed by atoms with Gasteiger partial charge in [-0.15, -0.1) is 0 Å². The lowest BCUT2D eigenvalue weighted by Gasteiger charge is -2.43. The number of ether oxygens (including phenoxy) is 1. The molecule has 3 nitrogen and oxygen atoms in total. The number of benzene rings is 1. The second-order valence-corrected chi connectivity index (χ2v) is 7.55. The molecule has 0 aliphatic carbocycles. The second kappa shape index (κ2) is 8.01. The van der Waals surface area contributed by atoms with Crippen molar-refractivity contribution >= 4 is 6.21 Å². The smallest absolute Gasteiger partial charge is 0.144 e. The highest BCUT2D eigenvalue weighted by Gasteiger charge is 2.39. The molecule has 2 heterocycles. The first-order valence-corrected chi connectivity index (χ1v) is 9.31. The van der Waals surface area contributed by atoms with Crippen LogP contribution < -0.4 is 0 Å². The Balaban J connectivity index is 1.77. The van der Waals surface area contributed by atoms with Gasteiger partial charge in [-0.25, -0.2) is 0 Å². The van der Waals surface area contributed by atoms with E-state index in [1.807, 2.05) is 18.3 Å². The summed E-state index contributed by atoms with van der Waals surface area (Å²) in [7, 11) is 0. The van der Waals surface area contributed by atoms with Gasteiger partial charge in [0, 0.05) is 18.6 Å². The molecule has 0 N–H and O–H groups in total. The van der Waals surface area contributed by atoms with E-state index in [0.717, 1.165) is 38.2 Å². The van der Waals surface area contributed by atoms with Crippen LogP contribution in [0.2, 0.25) is 0 Å². The van der Waals surface area contributed by atoms with Crippen LogP contribution >= 0.6 is 0 Å². The summed E-state index contributed by atoms with van der Waals surface area (Å²) in [5.74, 6) is 1.35. The van der Waals surface area contributed by atoms with Crippen LogP contribution in [0.3, 0.4) is 0 Å². The van der Waals surface area contributed by atoms with Crippen molar-refractivity contribution in [3.8, 4) is 0 Å². The lowest BCUT2D eigenvalue weighted by molar-refractivity contribution is -0.0464. The fourth-order valence-corrected chi connectivity index (χ4v) is 3.72. The standard InChI is InChI=1S/C22H29NO2/c1-17(2)21-15-22(11-14-25-21,19-8-6-18(3)7-9-19)10-12-23-16-20-5-4-13-24-20/h4-9,13,16-17,21H,10-12,14-15H2,1-3H3. The zero-order chi connectivity index (χ0) is 17.7. The van der Waals surface area contributed by atoms with Gasteiger partial charge in [0.25, 0.3) is 0 Å². The van der Waals surface area contributed by atoms with Crippen molar-refractivity contribution in [1.29, 1.82) is 0 Å². The van der Waals surface area contributed by atoms with E-state index in [0.29, 0.717) is 12.0 Å². The van der Waals surface area contributed by atoms with Gasteiger partial charge in [-0.05, 0) is 49.8 Å². The summed E-state index contributed by atoms with van der Waals surface area (Å²) in [5, 5.41) is 0. The van der Waals surface area contributed by atoms with Crippen molar-refractivity contribution in [3.05, 3.63) is 59.5 Å². The highest BCUT2D eigenvalue weighted by atomic mass is 16.5. The minimum Gasteiger partial charge on any atom is -0.463 e. The Bertz CT molecular complexity index is 673. The van der Waals surface area contributed by atoms with Crippen LogP contribution in [0.1, 0.15) is 50.0 Å². The molecule has 2 aromatic rings. The van der Waals surface area contributed by atoms with Crippen molar-refractivity contribution in [2.24, 2.45) is 10.9 Å². The Morgan fingerprint density at radius 2 is 2.04 bits per heavy atom. The van der Waals surface area contributed by atoms with Crippen LogP contribution in [0.5, 0.6) is 0 Å². The lowest BCUT2D eigenvalue weighted by atomic mass is 9.68. The van der Waals surface area contributed by atoms with Crippen molar-refractivity contribution in [3.63, 3.8) is 0 Å². The van der Waals surface area contributed by atoms with Crippen LogP contribution in [0.15, 0.2) is 52.1 Å². The number of aliphatic imine (C=N–C) groups is 1. The summed E-state index contributed by atoms with van der Waals surface area (Å²) < 4.78 is 11.4. The van der Waals surface area contributed by atoms with Gasteiger partial charge in [-0.3, -0.25) is 4.99 Å². The number of nitrogens with zero attached hydrogens (tertiary/aromatic N) is 1. The first kappa shape index (κ1) is 17.9. The largest absolute Gasteiger partial charge is 0.463 e. The average Bonchev–Trinajstić information content (AvgIpc) is 3.13. The van der Waals surface area contributed by atoms with Crippen molar-refractivity contribution in [2.75, 3.05) is 13.2 Å². The third-order valence-electron chi connectivity index (χ3n) is 5.39. The molecular formula is C22H29NO2. The number of furan rings is 1. The van der Waals surface area contributed by atoms with Crippen LogP contribution in [-0.2, 0) is 10.2 Å². The Kier molecular flexibility index (Phi) is 5.74. The number of rotatable bonds is 6. The SMILES string of the molecule is Cc1ccc(C2(CCN=Cc3ccco3)CCOC(C(C)C)C2)cc1. The van der Waals surface area contributed by atoms with E-state index in [4.69, 9.17) is 9.15 Å². The summed E-state index contributed by atoms with van der Waals surface area (Å²) in [5.41, 5.74) is 2.89. The Morgan fingerprint density at radius 3 is 2.72 bits per heavy atom. The second-order valence-electron chi connectivity index (χ2n) is 7.55. The summed E-state index contributed by atoms with van der Waals surface area (Å²) in [4.78, 5) is 4.61. The van der Waals surface area contributed by atoms with Crippen molar-refractivity contribution in [2.45, 2.75) is 51.6 Å². The Hall–Kier alpha value is -1.87. The van der Waals surface area contributed by atoms with E-state index in [-0.39, 0.29) is 5.41 Å². The van der Waals surface area contributed by atoms with Crippen LogP contribution in [0.25, 0.3) is 0 Å². The zero-order valence-electron chi connectivity index (χ0n) is 15.6. The van der Waals surface area contributed by atoms with E-state index < -0.39 is 0 Å². The predicted octanol–water partition coefficient (Wildman–Crippen LogP) is 5.17. The lowest BCUT2D eigenvalue weighted by Crippen LogP contribution is -2.41. The molecule has 0 saturated carbocycles. The molecule has 1 saturated heterocycles. The summed E-state index contributed by atoms with van der Waals surface area (Å²) in [6.07, 6.45) is 7.02. The zero-order valence-corrected chi connectivity index (χ0v) is 15.6. The third kappa shape index (κ3) is 4.40. The maximum absolute atomic E-state index is 6.05. The fraction of sp³-hybridized carbons (Fsp3) is 0.500. The molecule has 1 aromatic heterocycles. The molecule has 1 aromatic carbocycles. The van der Waals surface area contributed by atoms with Gasteiger partial charge in [0.2, 0.25) is 0 Å². The van der Waals surface area contributed by atoms with Gasteiger partial charge < -0.3 is 9.15 Å². The Morgan fingerprint density at radius 1 is 1.24 bits per heavy atom. The third-order valence-corrected chi connectivity index (χ3v) is 5.39. The van der Waals surface area contributed by atoms with E-state index in [1.54, 1.807) is 6.26 Å². The molecule has 3 rings (SSSR count). The van der Waals surface area contributed by atoms with Gasteiger partial charge in [0.05, 0.1) is 18.6 Å². The summed E-state index contributed by atoms with van der Waals surface area (Å²) in [6, 6.07) is 12.9. The van der Waals surface area contributed by atoms with Crippen molar-refractivity contribution in [1.82, 2.24) is 0 Å². The Labute approximate surface area is 151 Å². The molecule has 1 fully saturated rings. The van der Waals surface area contributed by atoms with Gasteiger partial charge in [-0.1, -0.05) is 43.7 Å². The molecule has 0 spiro atoms. The normalized spacial score (nSPS) is 24.2. The maximum atomic E-state index is 6.05.